The van der Waals surface area contributed by atoms with Gasteiger partial charge in [0.05, 0.1) is 0 Å². The summed E-state index contributed by atoms with van der Waals surface area (Å²) in [6, 6.07) is 0. The molecular weight excluding hydrogens is 178 g/mol. The molecule has 13 heavy (non-hydrogen) atoms. The van der Waals surface area contributed by atoms with E-state index >= 15 is 0 Å². The fraction of sp³-hybridized carbons (Fsp3) is 0.636. The van der Waals surface area contributed by atoms with Crippen molar-refractivity contribution in [3.8, 4) is 0 Å². The van der Waals surface area contributed by atoms with Gasteiger partial charge < -0.3 is 0 Å². The van der Waals surface area contributed by atoms with Crippen molar-refractivity contribution in [2.75, 3.05) is 13.1 Å². The lowest BCUT2D eigenvalue weighted by Gasteiger charge is -2.26. The molecule has 2 heterocycles. The van der Waals surface area contributed by atoms with Gasteiger partial charge in [-0.3, -0.25) is 4.90 Å². The van der Waals surface area contributed by atoms with Crippen LogP contribution in [0.4, 0.5) is 0 Å². The zero-order valence-electron chi connectivity index (χ0n) is 8.47. The molecule has 2 rings (SSSR count). The molecule has 0 aromatic carbocycles. The van der Waals surface area contributed by atoms with Gasteiger partial charge in [-0.05, 0) is 35.9 Å². The van der Waals surface area contributed by atoms with E-state index in [2.05, 4.69) is 24.1 Å². The Labute approximate surface area is 84.4 Å². The standard InChI is InChI=1S/C11H17NS/c1-3-9-8-13-11-5-6-12(4-2)7-10(9)11/h8H,3-7H2,1-2H3. The summed E-state index contributed by atoms with van der Waals surface area (Å²) >= 11 is 1.96. The second-order valence-corrected chi connectivity index (χ2v) is 4.60. The molecule has 0 saturated carbocycles. The van der Waals surface area contributed by atoms with Gasteiger partial charge in [0.1, 0.15) is 0 Å². The summed E-state index contributed by atoms with van der Waals surface area (Å²) in [7, 11) is 0. The fourth-order valence-electron chi connectivity index (χ4n) is 1.99. The van der Waals surface area contributed by atoms with E-state index in [1.165, 1.54) is 32.5 Å². The second-order valence-electron chi connectivity index (χ2n) is 3.63. The molecule has 0 unspecified atom stereocenters. The molecule has 0 atom stereocenters. The van der Waals surface area contributed by atoms with Crippen molar-refractivity contribution in [3.63, 3.8) is 0 Å². The lowest BCUT2D eigenvalue weighted by Crippen LogP contribution is -2.29. The van der Waals surface area contributed by atoms with Gasteiger partial charge in [-0.25, -0.2) is 0 Å². The van der Waals surface area contributed by atoms with Crippen LogP contribution in [0.25, 0.3) is 0 Å². The largest absolute Gasteiger partial charge is 0.299 e. The molecule has 0 aliphatic carbocycles. The normalized spacial score (nSPS) is 17.4. The summed E-state index contributed by atoms with van der Waals surface area (Å²) in [6.07, 6.45) is 2.47. The van der Waals surface area contributed by atoms with Crippen molar-refractivity contribution in [1.29, 1.82) is 0 Å². The number of aryl methyl sites for hydroxylation is 1. The summed E-state index contributed by atoms with van der Waals surface area (Å²) in [5, 5.41) is 2.35. The molecule has 1 aliphatic rings. The monoisotopic (exact) mass is 195 g/mol. The van der Waals surface area contributed by atoms with Crippen molar-refractivity contribution in [3.05, 3.63) is 21.4 Å². The minimum Gasteiger partial charge on any atom is -0.299 e. The topological polar surface area (TPSA) is 3.24 Å². The lowest BCUT2D eigenvalue weighted by atomic mass is 10.0. The fourth-order valence-corrected chi connectivity index (χ4v) is 3.13. The molecule has 1 aromatic heterocycles. The van der Waals surface area contributed by atoms with Crippen molar-refractivity contribution in [2.45, 2.75) is 33.2 Å². The average Bonchev–Trinajstić information content (AvgIpc) is 2.59. The zero-order valence-corrected chi connectivity index (χ0v) is 9.28. The predicted molar refractivity (Wildman–Crippen MR) is 58.4 cm³/mol. The molecule has 0 radical (unpaired) electrons. The molecule has 0 fully saturated rings. The van der Waals surface area contributed by atoms with Crippen molar-refractivity contribution >= 4 is 11.3 Å². The maximum atomic E-state index is 2.54. The first-order chi connectivity index (χ1) is 6.35. The Balaban J connectivity index is 2.25. The lowest BCUT2D eigenvalue weighted by molar-refractivity contribution is 0.269. The third-order valence-corrected chi connectivity index (χ3v) is 4.07. The first-order valence-electron chi connectivity index (χ1n) is 5.15. The van der Waals surface area contributed by atoms with Crippen LogP contribution in [0.15, 0.2) is 5.38 Å². The van der Waals surface area contributed by atoms with Crippen molar-refractivity contribution in [2.24, 2.45) is 0 Å². The van der Waals surface area contributed by atoms with Gasteiger partial charge in [-0.2, -0.15) is 0 Å². The van der Waals surface area contributed by atoms with E-state index in [4.69, 9.17) is 0 Å². The quantitative estimate of drug-likeness (QED) is 0.701. The van der Waals surface area contributed by atoms with Crippen molar-refractivity contribution < 1.29 is 0 Å². The SMILES string of the molecule is CCc1csc2c1CN(CC)CC2. The van der Waals surface area contributed by atoms with Gasteiger partial charge in [0.15, 0.2) is 0 Å². The Kier molecular flexibility index (Phi) is 2.70. The number of nitrogens with zero attached hydrogens (tertiary/aromatic N) is 1. The van der Waals surface area contributed by atoms with E-state index in [0.29, 0.717) is 0 Å². The van der Waals surface area contributed by atoms with E-state index in [0.717, 1.165) is 0 Å². The van der Waals surface area contributed by atoms with Crippen LogP contribution in [0.3, 0.4) is 0 Å². The highest BCUT2D eigenvalue weighted by atomic mass is 32.1. The number of thiophene rings is 1. The Morgan fingerprint density at radius 1 is 1.46 bits per heavy atom. The minimum atomic E-state index is 1.19. The van der Waals surface area contributed by atoms with E-state index in [9.17, 15) is 0 Å². The highest BCUT2D eigenvalue weighted by Crippen LogP contribution is 2.28. The zero-order chi connectivity index (χ0) is 9.26. The number of rotatable bonds is 2. The molecule has 1 nitrogen and oxygen atoms in total. The van der Waals surface area contributed by atoms with Crippen LogP contribution in [0.1, 0.15) is 29.9 Å². The van der Waals surface area contributed by atoms with Gasteiger partial charge in [0.2, 0.25) is 0 Å². The molecule has 0 saturated heterocycles. The summed E-state index contributed by atoms with van der Waals surface area (Å²) in [5.74, 6) is 0. The number of hydrogen-bond donors (Lipinski definition) is 0. The van der Waals surface area contributed by atoms with Crippen LogP contribution in [-0.4, -0.2) is 18.0 Å². The maximum absolute atomic E-state index is 2.54. The van der Waals surface area contributed by atoms with E-state index in [1.807, 2.05) is 11.3 Å². The molecule has 0 bridgehead atoms. The molecule has 0 amide bonds. The van der Waals surface area contributed by atoms with Crippen LogP contribution in [0.2, 0.25) is 0 Å². The highest BCUT2D eigenvalue weighted by molar-refractivity contribution is 7.10. The number of likely N-dealkylation sites (N-methyl/N-ethyl adjacent to an activating group) is 1. The van der Waals surface area contributed by atoms with Gasteiger partial charge in [-0.1, -0.05) is 13.8 Å². The Morgan fingerprint density at radius 2 is 2.31 bits per heavy atom. The summed E-state index contributed by atoms with van der Waals surface area (Å²) in [5.41, 5.74) is 3.22. The van der Waals surface area contributed by atoms with Crippen LogP contribution < -0.4 is 0 Å². The smallest absolute Gasteiger partial charge is 0.0247 e. The van der Waals surface area contributed by atoms with E-state index in [-0.39, 0.29) is 0 Å². The Bertz CT molecular complexity index is 277. The summed E-state index contributed by atoms with van der Waals surface area (Å²) in [6.45, 7) is 8.15. The van der Waals surface area contributed by atoms with Crippen LogP contribution in [0, 0.1) is 0 Å². The molecule has 0 spiro atoms. The molecule has 1 aromatic rings. The Hall–Kier alpha value is -0.340. The molecule has 1 aliphatic heterocycles. The number of fused-ring (bicyclic) bond motifs is 1. The van der Waals surface area contributed by atoms with E-state index in [1.54, 1.807) is 16.0 Å². The van der Waals surface area contributed by atoms with Crippen LogP contribution in [0.5, 0.6) is 0 Å². The van der Waals surface area contributed by atoms with Gasteiger partial charge in [-0.15, -0.1) is 11.3 Å². The molecule has 2 heteroatoms. The molecule has 0 N–H and O–H groups in total. The van der Waals surface area contributed by atoms with Gasteiger partial charge >= 0.3 is 0 Å². The van der Waals surface area contributed by atoms with Crippen LogP contribution >= 0.6 is 11.3 Å². The summed E-state index contributed by atoms with van der Waals surface area (Å²) < 4.78 is 0. The summed E-state index contributed by atoms with van der Waals surface area (Å²) in [4.78, 5) is 4.18. The molecular formula is C11H17NS. The van der Waals surface area contributed by atoms with Gasteiger partial charge in [0.25, 0.3) is 0 Å². The highest BCUT2D eigenvalue weighted by Gasteiger charge is 2.18. The first-order valence-corrected chi connectivity index (χ1v) is 6.03. The second kappa shape index (κ2) is 3.81. The van der Waals surface area contributed by atoms with E-state index < -0.39 is 0 Å². The number of hydrogen-bond acceptors (Lipinski definition) is 2. The minimum absolute atomic E-state index is 1.19. The first kappa shape index (κ1) is 9.22. The van der Waals surface area contributed by atoms with Crippen LogP contribution in [-0.2, 0) is 19.4 Å². The molecule has 72 valence electrons. The predicted octanol–water partition coefficient (Wildman–Crippen LogP) is 2.69. The maximum Gasteiger partial charge on any atom is 0.0247 e. The van der Waals surface area contributed by atoms with Gasteiger partial charge in [0, 0.05) is 18.0 Å². The third-order valence-electron chi connectivity index (χ3n) is 2.93. The van der Waals surface area contributed by atoms with Crippen molar-refractivity contribution in [1.82, 2.24) is 4.90 Å². The third kappa shape index (κ3) is 1.65. The Morgan fingerprint density at radius 3 is 3.00 bits per heavy atom. The average molecular weight is 195 g/mol.